The van der Waals surface area contributed by atoms with Crippen LogP contribution in [0.4, 0.5) is 0 Å². The molecule has 3 rings (SSSR count). The molecule has 0 atom stereocenters. The maximum Gasteiger partial charge on any atom is 0.313 e. The Morgan fingerprint density at radius 2 is 2.14 bits per heavy atom. The number of thioether (sulfide) groups is 1. The normalized spacial score (nSPS) is 16.0. The van der Waals surface area contributed by atoms with Crippen LogP contribution in [0, 0.1) is 5.41 Å². The van der Waals surface area contributed by atoms with Crippen molar-refractivity contribution in [3.63, 3.8) is 0 Å². The van der Waals surface area contributed by atoms with E-state index in [0.29, 0.717) is 22.6 Å². The lowest BCUT2D eigenvalue weighted by Gasteiger charge is -2.16. The van der Waals surface area contributed by atoms with Gasteiger partial charge in [0.25, 0.3) is 5.56 Å². The summed E-state index contributed by atoms with van der Waals surface area (Å²) in [5.74, 6) is -1.01. The molecule has 5 nitrogen and oxygen atoms in total. The molecule has 110 valence electrons. The summed E-state index contributed by atoms with van der Waals surface area (Å²) in [6.07, 6.45) is 2.19. The maximum absolute atomic E-state index is 12.7. The van der Waals surface area contributed by atoms with Crippen LogP contribution in [0.5, 0.6) is 0 Å². The zero-order chi connectivity index (χ0) is 15.0. The Labute approximate surface area is 126 Å². The van der Waals surface area contributed by atoms with E-state index in [1.165, 1.54) is 0 Å². The zero-order valence-corrected chi connectivity index (χ0v) is 12.5. The van der Waals surface area contributed by atoms with Crippen LogP contribution < -0.4 is 5.56 Å². The number of carbonyl (C=O) groups is 1. The largest absolute Gasteiger partial charge is 0.481 e. The van der Waals surface area contributed by atoms with E-state index in [2.05, 4.69) is 11.9 Å². The number of benzene rings is 1. The van der Waals surface area contributed by atoms with Gasteiger partial charge in [-0.2, -0.15) is 0 Å². The molecule has 1 aromatic heterocycles. The first-order chi connectivity index (χ1) is 9.98. The summed E-state index contributed by atoms with van der Waals surface area (Å²) >= 11 is 1.10. The van der Waals surface area contributed by atoms with Gasteiger partial charge in [-0.05, 0) is 30.4 Å². The van der Waals surface area contributed by atoms with Gasteiger partial charge in [-0.25, -0.2) is 4.98 Å². The number of aliphatic carboxylic acids is 1. The van der Waals surface area contributed by atoms with Crippen molar-refractivity contribution < 1.29 is 9.90 Å². The Bertz CT molecular complexity index is 765. The van der Waals surface area contributed by atoms with E-state index in [0.717, 1.165) is 24.6 Å². The van der Waals surface area contributed by atoms with Crippen molar-refractivity contribution in [2.45, 2.75) is 31.5 Å². The molecule has 1 heterocycles. The predicted octanol–water partition coefficient (Wildman–Crippen LogP) is 2.37. The van der Waals surface area contributed by atoms with Crippen molar-refractivity contribution in [2.24, 2.45) is 5.41 Å². The minimum Gasteiger partial charge on any atom is -0.481 e. The lowest BCUT2D eigenvalue weighted by Crippen LogP contribution is -2.27. The first kappa shape index (κ1) is 14.1. The van der Waals surface area contributed by atoms with Crippen LogP contribution in [0.25, 0.3) is 10.9 Å². The smallest absolute Gasteiger partial charge is 0.313 e. The SMILES string of the molecule is CC1(Cn2c(SCC(=O)O)nc3ccccc3c2=O)CC1. The van der Waals surface area contributed by atoms with Gasteiger partial charge in [0.05, 0.1) is 16.7 Å². The van der Waals surface area contributed by atoms with Crippen molar-refractivity contribution >= 4 is 28.6 Å². The molecule has 21 heavy (non-hydrogen) atoms. The molecule has 0 amide bonds. The second kappa shape index (κ2) is 5.18. The topological polar surface area (TPSA) is 72.2 Å². The van der Waals surface area contributed by atoms with Gasteiger partial charge in [-0.3, -0.25) is 14.2 Å². The fourth-order valence-corrected chi connectivity index (χ4v) is 3.00. The number of carboxylic acids is 1. The summed E-state index contributed by atoms with van der Waals surface area (Å²) in [4.78, 5) is 27.9. The molecule has 6 heteroatoms. The summed E-state index contributed by atoms with van der Waals surface area (Å²) in [6.45, 7) is 2.74. The number of para-hydroxylation sites is 1. The Hall–Kier alpha value is -1.82. The van der Waals surface area contributed by atoms with E-state index in [1.54, 1.807) is 16.7 Å². The van der Waals surface area contributed by atoms with Crippen molar-refractivity contribution in [3.05, 3.63) is 34.6 Å². The molecule has 0 aliphatic heterocycles. The van der Waals surface area contributed by atoms with Crippen molar-refractivity contribution in [1.29, 1.82) is 0 Å². The molecule has 0 bridgehead atoms. The molecule has 2 aromatic rings. The monoisotopic (exact) mass is 304 g/mol. The van der Waals surface area contributed by atoms with Gasteiger partial charge < -0.3 is 5.11 Å². The lowest BCUT2D eigenvalue weighted by molar-refractivity contribution is -0.133. The average molecular weight is 304 g/mol. The Balaban J connectivity index is 2.10. The molecule has 0 saturated heterocycles. The fourth-order valence-electron chi connectivity index (χ4n) is 2.28. The number of rotatable bonds is 5. The van der Waals surface area contributed by atoms with Crippen LogP contribution >= 0.6 is 11.8 Å². The van der Waals surface area contributed by atoms with Crippen molar-refractivity contribution in [2.75, 3.05) is 5.75 Å². The second-order valence-corrected chi connectivity index (χ2v) is 6.74. The summed E-state index contributed by atoms with van der Waals surface area (Å²) < 4.78 is 1.64. The molecule has 1 aliphatic rings. The first-order valence-electron chi connectivity index (χ1n) is 6.83. The van der Waals surface area contributed by atoms with Gasteiger partial charge in [-0.15, -0.1) is 0 Å². The molecule has 1 N–H and O–H groups in total. The van der Waals surface area contributed by atoms with Crippen molar-refractivity contribution in [3.8, 4) is 0 Å². The minimum atomic E-state index is -0.911. The molecule has 0 radical (unpaired) electrons. The van der Waals surface area contributed by atoms with E-state index >= 15 is 0 Å². The van der Waals surface area contributed by atoms with Gasteiger partial charge in [0.15, 0.2) is 5.16 Å². The van der Waals surface area contributed by atoms with E-state index in [4.69, 9.17) is 5.11 Å². The third-order valence-electron chi connectivity index (χ3n) is 3.79. The average Bonchev–Trinajstić information content (AvgIpc) is 3.18. The number of carboxylic acid groups (broad SMARTS) is 1. The number of fused-ring (bicyclic) bond motifs is 1. The van der Waals surface area contributed by atoms with Crippen LogP contribution in [0.3, 0.4) is 0 Å². The zero-order valence-electron chi connectivity index (χ0n) is 11.7. The molecule has 0 unspecified atom stereocenters. The maximum atomic E-state index is 12.7. The summed E-state index contributed by atoms with van der Waals surface area (Å²) in [6, 6.07) is 7.19. The molecule has 1 aromatic carbocycles. The summed E-state index contributed by atoms with van der Waals surface area (Å²) in [5.41, 5.74) is 0.682. The van der Waals surface area contributed by atoms with E-state index in [-0.39, 0.29) is 16.7 Å². The van der Waals surface area contributed by atoms with Gasteiger partial charge in [0, 0.05) is 6.54 Å². The molecule has 0 spiro atoms. The summed E-state index contributed by atoms with van der Waals surface area (Å²) in [5, 5.41) is 9.94. The molecular weight excluding hydrogens is 288 g/mol. The van der Waals surface area contributed by atoms with Gasteiger partial charge in [-0.1, -0.05) is 30.8 Å². The molecule has 1 fully saturated rings. The molecular formula is C15H16N2O3S. The lowest BCUT2D eigenvalue weighted by atomic mass is 10.1. The number of aromatic nitrogens is 2. The minimum absolute atomic E-state index is 0.0818. The Kier molecular flexibility index (Phi) is 3.49. The van der Waals surface area contributed by atoms with Gasteiger partial charge in [0.1, 0.15) is 0 Å². The highest BCUT2D eigenvalue weighted by atomic mass is 32.2. The highest BCUT2D eigenvalue weighted by Gasteiger charge is 2.38. The van der Waals surface area contributed by atoms with Crippen LogP contribution in [-0.4, -0.2) is 26.4 Å². The van der Waals surface area contributed by atoms with Gasteiger partial charge in [0.2, 0.25) is 0 Å². The van der Waals surface area contributed by atoms with Crippen LogP contribution in [-0.2, 0) is 11.3 Å². The second-order valence-electron chi connectivity index (χ2n) is 5.80. The van der Waals surface area contributed by atoms with Gasteiger partial charge >= 0.3 is 5.97 Å². The number of nitrogens with zero attached hydrogens (tertiary/aromatic N) is 2. The molecule has 1 aliphatic carbocycles. The number of hydrogen-bond donors (Lipinski definition) is 1. The number of hydrogen-bond acceptors (Lipinski definition) is 4. The van der Waals surface area contributed by atoms with Crippen LogP contribution in [0.2, 0.25) is 0 Å². The third-order valence-corrected chi connectivity index (χ3v) is 4.76. The van der Waals surface area contributed by atoms with Crippen LogP contribution in [0.15, 0.2) is 34.2 Å². The standard InChI is InChI=1S/C15H16N2O3S/c1-15(6-7-15)9-17-13(20)10-4-2-3-5-11(10)16-14(17)21-8-12(18)19/h2-5H,6-9H2,1H3,(H,18,19). The summed E-state index contributed by atoms with van der Waals surface area (Å²) in [7, 11) is 0. The quantitative estimate of drug-likeness (QED) is 0.678. The van der Waals surface area contributed by atoms with E-state index in [1.807, 2.05) is 12.1 Å². The Morgan fingerprint density at radius 1 is 1.43 bits per heavy atom. The van der Waals surface area contributed by atoms with E-state index < -0.39 is 5.97 Å². The van der Waals surface area contributed by atoms with Crippen LogP contribution in [0.1, 0.15) is 19.8 Å². The fraction of sp³-hybridized carbons (Fsp3) is 0.400. The molecule has 1 saturated carbocycles. The first-order valence-corrected chi connectivity index (χ1v) is 7.81. The van der Waals surface area contributed by atoms with E-state index in [9.17, 15) is 9.59 Å². The predicted molar refractivity (Wildman–Crippen MR) is 81.7 cm³/mol. The highest BCUT2D eigenvalue weighted by Crippen LogP contribution is 2.46. The van der Waals surface area contributed by atoms with Crippen molar-refractivity contribution in [1.82, 2.24) is 9.55 Å². The Morgan fingerprint density at radius 3 is 2.81 bits per heavy atom. The third kappa shape index (κ3) is 2.95. The highest BCUT2D eigenvalue weighted by molar-refractivity contribution is 7.99.